The average molecular weight is 488 g/mol. The van der Waals surface area contributed by atoms with Gasteiger partial charge in [0, 0.05) is 19.2 Å². The van der Waals surface area contributed by atoms with Crippen molar-refractivity contribution in [3.8, 4) is 5.82 Å². The molecule has 1 fully saturated rings. The van der Waals surface area contributed by atoms with Crippen LogP contribution in [0.2, 0.25) is 0 Å². The van der Waals surface area contributed by atoms with E-state index in [-0.39, 0.29) is 37.0 Å². The summed E-state index contributed by atoms with van der Waals surface area (Å²) < 4.78 is 78.7. The van der Waals surface area contributed by atoms with Crippen molar-refractivity contribution in [2.45, 2.75) is 44.2 Å². The Morgan fingerprint density at radius 3 is 2.52 bits per heavy atom. The van der Waals surface area contributed by atoms with Crippen LogP contribution in [0.15, 0.2) is 42.6 Å². The molecular weight excluding hydrogens is 468 g/mol. The van der Waals surface area contributed by atoms with Crippen molar-refractivity contribution in [1.29, 1.82) is 0 Å². The molecule has 0 saturated carbocycles. The predicted octanol–water partition coefficient (Wildman–Crippen LogP) is 3.62. The summed E-state index contributed by atoms with van der Waals surface area (Å²) in [5.41, 5.74) is -5.56. The normalized spacial score (nSPS) is 22.5. The van der Waals surface area contributed by atoms with E-state index in [1.165, 1.54) is 17.0 Å². The molecule has 1 spiro atoms. The van der Waals surface area contributed by atoms with Crippen LogP contribution in [-0.2, 0) is 19.1 Å². The highest BCUT2D eigenvalue weighted by Crippen LogP contribution is 2.47. The molecule has 1 aliphatic heterocycles. The first-order chi connectivity index (χ1) is 15.4. The van der Waals surface area contributed by atoms with Crippen molar-refractivity contribution in [3.63, 3.8) is 0 Å². The van der Waals surface area contributed by atoms with E-state index in [1.807, 2.05) is 6.92 Å². The van der Waals surface area contributed by atoms with E-state index in [2.05, 4.69) is 14.3 Å². The summed E-state index contributed by atoms with van der Waals surface area (Å²) in [6.07, 6.45) is 5.78. The molecule has 8 nitrogen and oxygen atoms in total. The monoisotopic (exact) mass is 488 g/mol. The Bertz CT molecular complexity index is 1190. The molecule has 1 unspecified atom stereocenters. The fourth-order valence-electron chi connectivity index (χ4n) is 4.16. The molecule has 2 aromatic heterocycles. The second-order valence-electron chi connectivity index (χ2n) is 8.12. The van der Waals surface area contributed by atoms with Crippen LogP contribution in [0.1, 0.15) is 44.2 Å². The second-order valence-corrected chi connectivity index (χ2v) is 9.65. The van der Waals surface area contributed by atoms with Crippen molar-refractivity contribution in [2.75, 3.05) is 6.54 Å². The van der Waals surface area contributed by atoms with E-state index >= 15 is 0 Å². The molecule has 0 aromatic carbocycles. The van der Waals surface area contributed by atoms with E-state index in [1.54, 1.807) is 23.2 Å². The summed E-state index contributed by atoms with van der Waals surface area (Å²) >= 11 is 0. The number of hydrogen-bond donors (Lipinski definition) is 0. The van der Waals surface area contributed by atoms with Crippen LogP contribution in [0.25, 0.3) is 5.82 Å². The van der Waals surface area contributed by atoms with E-state index in [9.17, 15) is 30.8 Å². The topological polar surface area (TPSA) is 94.4 Å². The zero-order valence-corrected chi connectivity index (χ0v) is 18.2. The lowest BCUT2D eigenvalue weighted by atomic mass is 9.75. The van der Waals surface area contributed by atoms with Crippen molar-refractivity contribution in [1.82, 2.24) is 19.7 Å². The van der Waals surface area contributed by atoms with Gasteiger partial charge >= 0.3 is 15.6 Å². The Labute approximate surface area is 187 Å². The van der Waals surface area contributed by atoms with Gasteiger partial charge in [-0.05, 0) is 43.9 Å². The van der Waals surface area contributed by atoms with Crippen LogP contribution in [-0.4, -0.2) is 46.0 Å². The molecule has 178 valence electrons. The van der Waals surface area contributed by atoms with Gasteiger partial charge in [0.25, 0.3) is 0 Å². The summed E-state index contributed by atoms with van der Waals surface area (Å²) in [6, 6.07) is 3.10. The lowest BCUT2D eigenvalue weighted by Crippen LogP contribution is -2.37. The van der Waals surface area contributed by atoms with Gasteiger partial charge in [0.15, 0.2) is 11.6 Å². The van der Waals surface area contributed by atoms with Gasteiger partial charge < -0.3 is 9.08 Å². The number of halogens is 4. The molecule has 1 amide bonds. The van der Waals surface area contributed by atoms with Crippen LogP contribution in [0.4, 0.5) is 17.6 Å². The molecule has 2 aliphatic rings. The number of pyridine rings is 1. The first-order valence-electron chi connectivity index (χ1n) is 10.1. The molecule has 0 N–H and O–H groups in total. The Hall–Kier alpha value is -2.96. The van der Waals surface area contributed by atoms with Gasteiger partial charge in [-0.25, -0.2) is 14.1 Å². The van der Waals surface area contributed by atoms with Gasteiger partial charge in [0.05, 0.1) is 23.9 Å². The second kappa shape index (κ2) is 8.12. The lowest BCUT2D eigenvalue weighted by Gasteiger charge is -2.32. The summed E-state index contributed by atoms with van der Waals surface area (Å²) in [7, 11) is -5.73. The quantitative estimate of drug-likeness (QED) is 0.363. The maximum absolute atomic E-state index is 13.2. The minimum Gasteiger partial charge on any atom is -0.381 e. The predicted molar refractivity (Wildman–Crippen MR) is 106 cm³/mol. The minimum absolute atomic E-state index is 0.0834. The summed E-state index contributed by atoms with van der Waals surface area (Å²) in [5, 5.41) is 3.85. The van der Waals surface area contributed by atoms with Crippen molar-refractivity contribution < 1.29 is 35.0 Å². The molecule has 2 atom stereocenters. The van der Waals surface area contributed by atoms with Crippen LogP contribution in [0.5, 0.6) is 0 Å². The zero-order valence-electron chi connectivity index (χ0n) is 17.4. The van der Waals surface area contributed by atoms with E-state index < -0.39 is 26.9 Å². The standard InChI is InChI=1S/C20H20F4N4O4S/c1-13(14-2-3-17(25-10-14)28-12-15(21)11-26-28)27-9-8-19(18(27)29)6-4-16(5-7-19)32-33(30,31)20(22,23)24/h2-4,10-13H,5-9H2,1H3/t13-,19?/m0/s1. The molecule has 4 rings (SSSR count). The van der Waals surface area contributed by atoms with Crippen molar-refractivity contribution in [3.05, 3.63) is 53.9 Å². The Kier molecular flexibility index (Phi) is 5.71. The number of carbonyl (C=O) groups is 1. The Morgan fingerprint density at radius 1 is 1.21 bits per heavy atom. The van der Waals surface area contributed by atoms with Gasteiger partial charge in [0.1, 0.15) is 5.76 Å². The maximum Gasteiger partial charge on any atom is 0.534 e. The van der Waals surface area contributed by atoms with Gasteiger partial charge in [-0.15, -0.1) is 0 Å². The van der Waals surface area contributed by atoms with Gasteiger partial charge in [-0.3, -0.25) is 4.79 Å². The Morgan fingerprint density at radius 2 is 1.97 bits per heavy atom. The third-order valence-corrected chi connectivity index (χ3v) is 7.12. The third kappa shape index (κ3) is 4.33. The number of aromatic nitrogens is 3. The van der Waals surface area contributed by atoms with Crippen molar-refractivity contribution >= 4 is 16.0 Å². The maximum atomic E-state index is 13.2. The van der Waals surface area contributed by atoms with Crippen LogP contribution in [0, 0.1) is 11.2 Å². The first kappa shape index (κ1) is 23.2. The SMILES string of the molecule is C[C@@H](c1ccc(-n2cc(F)cn2)nc1)N1CCC2(CC=C(OS(=O)(=O)C(F)(F)F)CC2)C1=O. The Balaban J connectivity index is 1.44. The first-order valence-corrected chi connectivity index (χ1v) is 11.5. The molecule has 3 heterocycles. The molecular formula is C20H20F4N4O4S. The largest absolute Gasteiger partial charge is 0.534 e. The zero-order chi connectivity index (χ0) is 24.0. The number of nitrogens with zero attached hydrogens (tertiary/aromatic N) is 4. The molecule has 0 bridgehead atoms. The molecule has 13 heteroatoms. The van der Waals surface area contributed by atoms with Gasteiger partial charge in [-0.2, -0.15) is 26.7 Å². The number of hydrogen-bond acceptors (Lipinski definition) is 6. The number of alkyl halides is 3. The number of allylic oxidation sites excluding steroid dienone is 2. The third-order valence-electron chi connectivity index (χ3n) is 6.12. The van der Waals surface area contributed by atoms with Crippen LogP contribution < -0.4 is 0 Å². The number of likely N-dealkylation sites (tertiary alicyclic amines) is 1. The fourth-order valence-corrected chi connectivity index (χ4v) is 4.69. The number of amides is 1. The molecule has 0 radical (unpaired) electrons. The number of carbonyl (C=O) groups excluding carboxylic acids is 1. The fraction of sp³-hybridized carbons (Fsp3) is 0.450. The summed E-state index contributed by atoms with van der Waals surface area (Å²) in [5.74, 6) is -0.527. The van der Waals surface area contributed by atoms with E-state index in [0.717, 1.165) is 11.8 Å². The highest BCUT2D eigenvalue weighted by atomic mass is 32.2. The lowest BCUT2D eigenvalue weighted by molar-refractivity contribution is -0.138. The highest BCUT2D eigenvalue weighted by Gasteiger charge is 2.51. The highest BCUT2D eigenvalue weighted by molar-refractivity contribution is 7.87. The summed E-state index contributed by atoms with van der Waals surface area (Å²) in [6.45, 7) is 2.28. The van der Waals surface area contributed by atoms with Gasteiger partial charge in [0.2, 0.25) is 5.91 Å². The molecule has 33 heavy (non-hydrogen) atoms. The van der Waals surface area contributed by atoms with Crippen LogP contribution >= 0.6 is 0 Å². The van der Waals surface area contributed by atoms with Crippen LogP contribution in [0.3, 0.4) is 0 Å². The molecule has 1 aliphatic carbocycles. The summed E-state index contributed by atoms with van der Waals surface area (Å²) in [4.78, 5) is 19.2. The molecule has 1 saturated heterocycles. The molecule has 2 aromatic rings. The number of rotatable bonds is 5. The minimum atomic E-state index is -5.73. The smallest absolute Gasteiger partial charge is 0.381 e. The van der Waals surface area contributed by atoms with E-state index in [4.69, 9.17) is 0 Å². The average Bonchev–Trinajstić information content (AvgIpc) is 3.33. The van der Waals surface area contributed by atoms with Crippen molar-refractivity contribution in [2.24, 2.45) is 5.41 Å². The van der Waals surface area contributed by atoms with E-state index in [0.29, 0.717) is 18.8 Å². The van der Waals surface area contributed by atoms with Gasteiger partial charge in [-0.1, -0.05) is 6.07 Å².